The van der Waals surface area contributed by atoms with Crippen molar-refractivity contribution in [2.75, 3.05) is 19.0 Å². The number of carbonyl (C=O) groups excluding carboxylic acids is 3. The number of phenols is 1. The van der Waals surface area contributed by atoms with Crippen LogP contribution in [-0.2, 0) is 20.8 Å². The molecule has 1 amide bonds. The van der Waals surface area contributed by atoms with Gasteiger partial charge in [-0.1, -0.05) is 0 Å². The Morgan fingerprint density at radius 1 is 1.20 bits per heavy atom. The van der Waals surface area contributed by atoms with Crippen LogP contribution in [0, 0.1) is 11.8 Å². The van der Waals surface area contributed by atoms with Crippen molar-refractivity contribution in [2.45, 2.75) is 24.9 Å². The molecule has 3 unspecified atom stereocenters. The zero-order chi connectivity index (χ0) is 25.4. The number of rotatable bonds is 3. The van der Waals surface area contributed by atoms with E-state index in [2.05, 4.69) is 0 Å². The number of ketones is 2. The number of anilines is 1. The van der Waals surface area contributed by atoms with Crippen molar-refractivity contribution in [2.24, 2.45) is 17.6 Å². The third-order valence-corrected chi connectivity index (χ3v) is 7.31. The molecule has 0 spiro atoms. The van der Waals surface area contributed by atoms with Gasteiger partial charge in [0.15, 0.2) is 11.4 Å². The molecule has 5 rings (SSSR count). The lowest BCUT2D eigenvalue weighted by Crippen LogP contribution is -2.58. The van der Waals surface area contributed by atoms with Crippen LogP contribution in [0.25, 0.3) is 17.1 Å². The molecule has 1 aromatic carbocycles. The SMILES string of the molecule is CN(C)c1cc(-c2ccco2)c(O)c2c1CC1CC3CC(=O)C(C(N)=O)=C(O)C3(O)C(=O)C1=C2O. The third-order valence-electron chi connectivity index (χ3n) is 7.31. The monoisotopic (exact) mass is 480 g/mol. The number of primary amides is 1. The van der Waals surface area contributed by atoms with Crippen molar-refractivity contribution in [3.63, 3.8) is 0 Å². The van der Waals surface area contributed by atoms with E-state index in [4.69, 9.17) is 10.2 Å². The quantitative estimate of drug-likeness (QED) is 0.410. The van der Waals surface area contributed by atoms with Gasteiger partial charge < -0.3 is 35.5 Å². The zero-order valence-corrected chi connectivity index (χ0v) is 19.0. The number of phenolic OH excluding ortho intramolecular Hbond substituents is 1. The second kappa shape index (κ2) is 7.47. The Labute approximate surface area is 199 Å². The molecular formula is C25H24N2O8. The fourth-order valence-electron chi connectivity index (χ4n) is 5.69. The van der Waals surface area contributed by atoms with Gasteiger partial charge in [-0.3, -0.25) is 14.4 Å². The largest absolute Gasteiger partial charge is 0.508 e. The number of carbonyl (C=O) groups is 3. The Hall–Kier alpha value is -4.05. The maximum atomic E-state index is 13.6. The van der Waals surface area contributed by atoms with Gasteiger partial charge >= 0.3 is 0 Å². The van der Waals surface area contributed by atoms with Crippen molar-refractivity contribution in [3.05, 3.63) is 52.5 Å². The van der Waals surface area contributed by atoms with Crippen LogP contribution in [0.1, 0.15) is 24.0 Å². The van der Waals surface area contributed by atoms with Crippen molar-refractivity contribution in [3.8, 4) is 17.1 Å². The minimum Gasteiger partial charge on any atom is -0.508 e. The molecule has 2 aromatic rings. The number of benzene rings is 1. The van der Waals surface area contributed by atoms with E-state index in [-0.39, 0.29) is 36.1 Å². The van der Waals surface area contributed by atoms with Gasteiger partial charge in [-0.05, 0) is 42.5 Å². The number of aliphatic hydroxyl groups excluding tert-OH is 2. The van der Waals surface area contributed by atoms with Gasteiger partial charge in [0.05, 0.1) is 17.4 Å². The molecule has 3 atom stereocenters. The van der Waals surface area contributed by atoms with E-state index in [1.165, 1.54) is 6.26 Å². The fraction of sp³-hybridized carbons (Fsp3) is 0.320. The van der Waals surface area contributed by atoms with E-state index in [0.717, 1.165) is 0 Å². The van der Waals surface area contributed by atoms with Crippen LogP contribution in [-0.4, -0.2) is 57.6 Å². The second-order valence-corrected chi connectivity index (χ2v) is 9.42. The fourth-order valence-corrected chi connectivity index (χ4v) is 5.69. The summed E-state index contributed by atoms with van der Waals surface area (Å²) < 4.78 is 5.44. The van der Waals surface area contributed by atoms with Crippen LogP contribution in [0.5, 0.6) is 5.75 Å². The lowest BCUT2D eigenvalue weighted by molar-refractivity contribution is -0.147. The van der Waals surface area contributed by atoms with Crippen molar-refractivity contribution in [1.29, 1.82) is 0 Å². The first kappa shape index (κ1) is 22.7. The van der Waals surface area contributed by atoms with E-state index in [1.54, 1.807) is 32.3 Å². The molecule has 0 radical (unpaired) electrons. The maximum Gasteiger partial charge on any atom is 0.255 e. The molecular weight excluding hydrogens is 456 g/mol. The summed E-state index contributed by atoms with van der Waals surface area (Å²) in [6.07, 6.45) is 1.39. The lowest BCUT2D eigenvalue weighted by atomic mass is 9.59. The first-order chi connectivity index (χ1) is 16.5. The Morgan fingerprint density at radius 3 is 2.51 bits per heavy atom. The van der Waals surface area contributed by atoms with Crippen LogP contribution in [0.4, 0.5) is 5.69 Å². The molecule has 0 saturated heterocycles. The van der Waals surface area contributed by atoms with Crippen LogP contribution in [0.2, 0.25) is 0 Å². The molecule has 6 N–H and O–H groups in total. The van der Waals surface area contributed by atoms with Gasteiger partial charge in [0.1, 0.15) is 28.6 Å². The van der Waals surface area contributed by atoms with Gasteiger partial charge in [0.2, 0.25) is 5.78 Å². The maximum absolute atomic E-state index is 13.6. The number of hydrogen-bond donors (Lipinski definition) is 5. The molecule has 3 aliphatic rings. The standard InChI is InChI=1S/C25H24N2O8/c1-27(2)14-9-13(16-4-3-5-35-16)20(29)18-12(14)7-10-6-11-8-15(28)19(24(26)33)23(32)25(11,34)22(31)17(10)21(18)30/h3-5,9-11,29-30,32,34H,6-8H2,1-2H3,(H2,26,33). The molecule has 10 nitrogen and oxygen atoms in total. The first-order valence-corrected chi connectivity index (χ1v) is 11.1. The molecule has 1 heterocycles. The van der Waals surface area contributed by atoms with E-state index in [1.807, 2.05) is 4.90 Å². The first-order valence-electron chi connectivity index (χ1n) is 11.1. The normalized spacial score (nSPS) is 25.8. The minimum atomic E-state index is -2.59. The topological polar surface area (TPSA) is 175 Å². The zero-order valence-electron chi connectivity index (χ0n) is 19.0. The highest BCUT2D eigenvalue weighted by Gasteiger charge is 2.60. The molecule has 10 heteroatoms. The van der Waals surface area contributed by atoms with Gasteiger partial charge in [-0.25, -0.2) is 0 Å². The second-order valence-electron chi connectivity index (χ2n) is 9.42. The van der Waals surface area contributed by atoms with Crippen LogP contribution in [0.3, 0.4) is 0 Å². The van der Waals surface area contributed by atoms with Gasteiger partial charge in [0, 0.05) is 37.7 Å². The average molecular weight is 480 g/mol. The summed E-state index contributed by atoms with van der Waals surface area (Å²) in [7, 11) is 3.60. The van der Waals surface area contributed by atoms with E-state index in [9.17, 15) is 34.8 Å². The summed E-state index contributed by atoms with van der Waals surface area (Å²) in [5.74, 6) is -6.22. The van der Waals surface area contributed by atoms with Crippen LogP contribution in [0.15, 0.2) is 45.8 Å². The molecule has 3 aliphatic carbocycles. The number of amides is 1. The summed E-state index contributed by atoms with van der Waals surface area (Å²) in [5.41, 5.74) is 3.22. The number of Topliss-reactive ketones (excluding diaryl/α,β-unsaturated/α-hetero) is 2. The van der Waals surface area contributed by atoms with Crippen LogP contribution < -0.4 is 10.6 Å². The van der Waals surface area contributed by atoms with Crippen molar-refractivity contribution in [1.82, 2.24) is 0 Å². The highest BCUT2D eigenvalue weighted by Crippen LogP contribution is 2.54. The van der Waals surface area contributed by atoms with E-state index >= 15 is 0 Å². The predicted molar refractivity (Wildman–Crippen MR) is 123 cm³/mol. The molecule has 0 aliphatic heterocycles. The number of aliphatic hydroxyl groups is 3. The van der Waals surface area contributed by atoms with Gasteiger partial charge in [0.25, 0.3) is 5.91 Å². The minimum absolute atomic E-state index is 0.0229. The van der Waals surface area contributed by atoms with Gasteiger partial charge in [-0.15, -0.1) is 0 Å². The summed E-state index contributed by atoms with van der Waals surface area (Å²) in [6, 6.07) is 5.02. The Balaban J connectivity index is 1.75. The molecule has 1 fully saturated rings. The Kier molecular flexibility index (Phi) is 4.85. The molecule has 35 heavy (non-hydrogen) atoms. The number of hydrogen-bond acceptors (Lipinski definition) is 9. The predicted octanol–water partition coefficient (Wildman–Crippen LogP) is 1.75. The summed E-state index contributed by atoms with van der Waals surface area (Å²) in [6.45, 7) is 0. The Morgan fingerprint density at radius 2 is 1.91 bits per heavy atom. The van der Waals surface area contributed by atoms with E-state index < -0.39 is 52.0 Å². The van der Waals surface area contributed by atoms with Crippen molar-refractivity contribution < 1.29 is 39.2 Å². The molecule has 0 bridgehead atoms. The number of fused-ring (bicyclic) bond motifs is 3. The highest BCUT2D eigenvalue weighted by molar-refractivity contribution is 6.22. The number of furan rings is 1. The highest BCUT2D eigenvalue weighted by atomic mass is 16.3. The number of nitrogens with two attached hydrogens (primary N) is 1. The average Bonchev–Trinajstić information content (AvgIpc) is 3.30. The Bertz CT molecular complexity index is 1370. The third kappa shape index (κ3) is 2.96. The smallest absolute Gasteiger partial charge is 0.255 e. The molecule has 1 saturated carbocycles. The molecule has 1 aromatic heterocycles. The summed E-state index contributed by atoms with van der Waals surface area (Å²) in [4.78, 5) is 39.7. The van der Waals surface area contributed by atoms with Crippen LogP contribution >= 0.6 is 0 Å². The summed E-state index contributed by atoms with van der Waals surface area (Å²) >= 11 is 0. The van der Waals surface area contributed by atoms with Gasteiger partial charge in [-0.2, -0.15) is 0 Å². The molecule has 182 valence electrons. The number of aromatic hydroxyl groups is 1. The van der Waals surface area contributed by atoms with Crippen molar-refractivity contribution >= 4 is 28.9 Å². The lowest BCUT2D eigenvalue weighted by Gasteiger charge is -2.46. The summed E-state index contributed by atoms with van der Waals surface area (Å²) in [5, 5.41) is 44.5. The number of nitrogens with zero attached hydrogens (tertiary/aromatic N) is 1. The van der Waals surface area contributed by atoms with E-state index in [0.29, 0.717) is 22.6 Å².